The Bertz CT molecular complexity index is 279. The van der Waals surface area contributed by atoms with Crippen molar-refractivity contribution >= 4 is 5.91 Å². The minimum Gasteiger partial charge on any atom is -0.342 e. The number of carbonyl (C=O) groups is 1. The first-order valence-electron chi connectivity index (χ1n) is 7.16. The van der Waals surface area contributed by atoms with Gasteiger partial charge in [-0.05, 0) is 37.5 Å². The lowest BCUT2D eigenvalue weighted by Gasteiger charge is -2.33. The Labute approximate surface area is 105 Å². The normalized spacial score (nSPS) is 38.4. The van der Waals surface area contributed by atoms with Gasteiger partial charge in [-0.1, -0.05) is 20.3 Å². The first-order valence-corrected chi connectivity index (χ1v) is 7.16. The Kier molecular flexibility index (Phi) is 4.08. The summed E-state index contributed by atoms with van der Waals surface area (Å²) >= 11 is 0. The molecule has 4 unspecified atom stereocenters. The maximum atomic E-state index is 12.4. The number of hydrogen-bond donors (Lipinski definition) is 1. The molecule has 2 aliphatic rings. The first kappa shape index (κ1) is 12.9. The molecule has 0 aromatic heterocycles. The van der Waals surface area contributed by atoms with Gasteiger partial charge in [0.25, 0.3) is 0 Å². The number of likely N-dealkylation sites (tertiary alicyclic amines) is 1. The van der Waals surface area contributed by atoms with Gasteiger partial charge >= 0.3 is 0 Å². The van der Waals surface area contributed by atoms with Crippen molar-refractivity contribution in [1.82, 2.24) is 4.90 Å². The van der Waals surface area contributed by atoms with Gasteiger partial charge in [0.05, 0.1) is 0 Å². The molecular weight excluding hydrogens is 212 g/mol. The third-order valence-electron chi connectivity index (χ3n) is 4.76. The molecule has 0 aromatic carbocycles. The fourth-order valence-corrected chi connectivity index (χ4v) is 3.27. The number of amides is 1. The standard InChI is InChI=1S/C14H26N2O/c1-3-11-6-7-16(9-11)14(17)12-4-5-13(15)10(2)8-12/h10-13H,3-9,15H2,1-2H3. The zero-order chi connectivity index (χ0) is 12.4. The number of nitrogens with two attached hydrogens (primary N) is 1. The molecule has 3 heteroatoms. The molecule has 1 heterocycles. The van der Waals surface area contributed by atoms with Crippen LogP contribution in [0, 0.1) is 17.8 Å². The SMILES string of the molecule is CCC1CCN(C(=O)C2CCC(N)C(C)C2)C1. The predicted octanol–water partition coefficient (Wildman–Crippen LogP) is 2.01. The second kappa shape index (κ2) is 5.38. The van der Waals surface area contributed by atoms with Crippen molar-refractivity contribution < 1.29 is 4.79 Å². The van der Waals surface area contributed by atoms with Crippen LogP contribution in [0.25, 0.3) is 0 Å². The Morgan fingerprint density at radius 1 is 1.35 bits per heavy atom. The highest BCUT2D eigenvalue weighted by molar-refractivity contribution is 5.79. The van der Waals surface area contributed by atoms with Crippen LogP contribution in [0.2, 0.25) is 0 Å². The summed E-state index contributed by atoms with van der Waals surface area (Å²) < 4.78 is 0. The quantitative estimate of drug-likeness (QED) is 0.800. The summed E-state index contributed by atoms with van der Waals surface area (Å²) in [5.41, 5.74) is 6.01. The van der Waals surface area contributed by atoms with Crippen molar-refractivity contribution in [3.05, 3.63) is 0 Å². The molecular formula is C14H26N2O. The lowest BCUT2D eigenvalue weighted by molar-refractivity contribution is -0.136. The molecule has 1 saturated heterocycles. The molecule has 1 saturated carbocycles. The molecule has 2 rings (SSSR count). The summed E-state index contributed by atoms with van der Waals surface area (Å²) in [6.07, 6.45) is 5.41. The van der Waals surface area contributed by atoms with Crippen LogP contribution in [0.15, 0.2) is 0 Å². The van der Waals surface area contributed by atoms with E-state index < -0.39 is 0 Å². The number of rotatable bonds is 2. The van der Waals surface area contributed by atoms with Gasteiger partial charge in [0, 0.05) is 25.0 Å². The number of nitrogens with zero attached hydrogens (tertiary/aromatic N) is 1. The molecule has 3 nitrogen and oxygen atoms in total. The average Bonchev–Trinajstić information content (AvgIpc) is 2.80. The molecule has 1 amide bonds. The summed E-state index contributed by atoms with van der Waals surface area (Å²) in [5, 5.41) is 0. The van der Waals surface area contributed by atoms with Crippen molar-refractivity contribution in [2.75, 3.05) is 13.1 Å². The zero-order valence-electron chi connectivity index (χ0n) is 11.2. The third-order valence-corrected chi connectivity index (χ3v) is 4.76. The zero-order valence-corrected chi connectivity index (χ0v) is 11.2. The molecule has 0 bridgehead atoms. The Hall–Kier alpha value is -0.570. The maximum absolute atomic E-state index is 12.4. The monoisotopic (exact) mass is 238 g/mol. The van der Waals surface area contributed by atoms with Gasteiger partial charge in [0.2, 0.25) is 5.91 Å². The molecule has 4 atom stereocenters. The van der Waals surface area contributed by atoms with E-state index in [4.69, 9.17) is 5.73 Å². The van der Waals surface area contributed by atoms with Crippen LogP contribution >= 0.6 is 0 Å². The van der Waals surface area contributed by atoms with Gasteiger partial charge in [0.1, 0.15) is 0 Å². The van der Waals surface area contributed by atoms with E-state index in [1.54, 1.807) is 0 Å². The summed E-state index contributed by atoms with van der Waals surface area (Å²) in [6, 6.07) is 0.306. The van der Waals surface area contributed by atoms with Crippen LogP contribution in [-0.4, -0.2) is 29.9 Å². The van der Waals surface area contributed by atoms with Crippen molar-refractivity contribution in [3.8, 4) is 0 Å². The topological polar surface area (TPSA) is 46.3 Å². The van der Waals surface area contributed by atoms with Crippen LogP contribution in [0.1, 0.15) is 46.0 Å². The predicted molar refractivity (Wildman–Crippen MR) is 69.5 cm³/mol. The van der Waals surface area contributed by atoms with E-state index in [0.29, 0.717) is 17.9 Å². The molecule has 2 fully saturated rings. The van der Waals surface area contributed by atoms with Crippen LogP contribution in [0.5, 0.6) is 0 Å². The van der Waals surface area contributed by atoms with Crippen LogP contribution in [0.4, 0.5) is 0 Å². The van der Waals surface area contributed by atoms with E-state index >= 15 is 0 Å². The Balaban J connectivity index is 1.88. The molecule has 0 radical (unpaired) electrons. The fourth-order valence-electron chi connectivity index (χ4n) is 3.27. The fraction of sp³-hybridized carbons (Fsp3) is 0.929. The largest absolute Gasteiger partial charge is 0.342 e. The third kappa shape index (κ3) is 2.82. The summed E-state index contributed by atoms with van der Waals surface area (Å²) in [5.74, 6) is 1.89. The molecule has 98 valence electrons. The van der Waals surface area contributed by atoms with Crippen molar-refractivity contribution in [3.63, 3.8) is 0 Å². The average molecular weight is 238 g/mol. The summed E-state index contributed by atoms with van der Waals surface area (Å²) in [7, 11) is 0. The van der Waals surface area contributed by atoms with Crippen molar-refractivity contribution in [2.24, 2.45) is 23.5 Å². The van der Waals surface area contributed by atoms with E-state index in [0.717, 1.165) is 38.3 Å². The van der Waals surface area contributed by atoms with Gasteiger partial charge < -0.3 is 10.6 Å². The molecule has 1 aliphatic carbocycles. The highest BCUT2D eigenvalue weighted by Crippen LogP contribution is 2.31. The summed E-state index contributed by atoms with van der Waals surface area (Å²) in [4.78, 5) is 14.5. The van der Waals surface area contributed by atoms with Gasteiger partial charge in [-0.2, -0.15) is 0 Å². The van der Waals surface area contributed by atoms with Crippen molar-refractivity contribution in [1.29, 1.82) is 0 Å². The first-order chi connectivity index (χ1) is 8.11. The van der Waals surface area contributed by atoms with Crippen LogP contribution in [0.3, 0.4) is 0 Å². The Morgan fingerprint density at radius 3 is 2.71 bits per heavy atom. The van der Waals surface area contributed by atoms with Gasteiger partial charge in [-0.3, -0.25) is 4.79 Å². The minimum absolute atomic E-state index is 0.250. The van der Waals surface area contributed by atoms with E-state index in [-0.39, 0.29) is 5.92 Å². The van der Waals surface area contributed by atoms with Crippen molar-refractivity contribution in [2.45, 2.75) is 52.0 Å². The van der Waals surface area contributed by atoms with Gasteiger partial charge in [0.15, 0.2) is 0 Å². The molecule has 0 aromatic rings. The molecule has 0 spiro atoms. The van der Waals surface area contributed by atoms with E-state index in [1.807, 2.05) is 0 Å². The summed E-state index contributed by atoms with van der Waals surface area (Å²) in [6.45, 7) is 6.38. The highest BCUT2D eigenvalue weighted by atomic mass is 16.2. The molecule has 17 heavy (non-hydrogen) atoms. The maximum Gasteiger partial charge on any atom is 0.225 e. The highest BCUT2D eigenvalue weighted by Gasteiger charge is 2.34. The second-order valence-corrected chi connectivity index (χ2v) is 6.00. The minimum atomic E-state index is 0.250. The second-order valence-electron chi connectivity index (χ2n) is 6.00. The van der Waals surface area contributed by atoms with Crippen LogP contribution < -0.4 is 5.73 Å². The lowest BCUT2D eigenvalue weighted by atomic mass is 9.79. The number of hydrogen-bond acceptors (Lipinski definition) is 2. The smallest absolute Gasteiger partial charge is 0.225 e. The van der Waals surface area contributed by atoms with E-state index in [2.05, 4.69) is 18.7 Å². The van der Waals surface area contributed by atoms with Gasteiger partial charge in [-0.25, -0.2) is 0 Å². The lowest BCUT2D eigenvalue weighted by Crippen LogP contribution is -2.41. The molecule has 1 aliphatic heterocycles. The molecule has 2 N–H and O–H groups in total. The Morgan fingerprint density at radius 2 is 2.12 bits per heavy atom. The number of carbonyl (C=O) groups excluding carboxylic acids is 1. The van der Waals surface area contributed by atoms with Crippen LogP contribution in [-0.2, 0) is 4.79 Å². The van der Waals surface area contributed by atoms with E-state index in [1.165, 1.54) is 12.8 Å². The van der Waals surface area contributed by atoms with Gasteiger partial charge in [-0.15, -0.1) is 0 Å². The van der Waals surface area contributed by atoms with E-state index in [9.17, 15) is 4.79 Å².